The third-order valence-corrected chi connectivity index (χ3v) is 4.23. The molecule has 0 aromatic carbocycles. The lowest BCUT2D eigenvalue weighted by molar-refractivity contribution is 0.0474. The van der Waals surface area contributed by atoms with E-state index in [9.17, 15) is 0 Å². The van der Waals surface area contributed by atoms with Gasteiger partial charge in [-0.05, 0) is 0 Å². The molecule has 1 aliphatic heterocycles. The van der Waals surface area contributed by atoms with Gasteiger partial charge in [0.15, 0.2) is 0 Å². The van der Waals surface area contributed by atoms with Crippen LogP contribution in [0.2, 0.25) is 0 Å². The van der Waals surface area contributed by atoms with Gasteiger partial charge in [0.2, 0.25) is 0 Å². The van der Waals surface area contributed by atoms with Crippen LogP contribution in [-0.2, 0) is 11.2 Å². The maximum atomic E-state index is 5.70. The first-order valence-electron chi connectivity index (χ1n) is 4.93. The average Bonchev–Trinajstić information content (AvgIpc) is 2.80. The number of hydrazine groups is 1. The second-order valence-electron chi connectivity index (χ2n) is 3.43. The Bertz CT molecular complexity index is 275. The molecule has 84 valence electrons. The van der Waals surface area contributed by atoms with E-state index in [-0.39, 0.29) is 12.1 Å². The summed E-state index contributed by atoms with van der Waals surface area (Å²) in [5.74, 6) is 7.68. The van der Waals surface area contributed by atoms with Crippen LogP contribution in [0.1, 0.15) is 4.88 Å². The molecule has 4 nitrogen and oxygen atoms in total. The van der Waals surface area contributed by atoms with Crippen LogP contribution < -0.4 is 11.3 Å². The third kappa shape index (κ3) is 3.15. The molecule has 2 heterocycles. The Morgan fingerprint density at radius 2 is 2.67 bits per heavy atom. The van der Waals surface area contributed by atoms with Crippen molar-refractivity contribution in [3.8, 4) is 0 Å². The minimum absolute atomic E-state index is 0.193. The van der Waals surface area contributed by atoms with Gasteiger partial charge in [-0.2, -0.15) is 11.8 Å². The van der Waals surface area contributed by atoms with Crippen molar-refractivity contribution >= 4 is 23.1 Å². The van der Waals surface area contributed by atoms with E-state index in [2.05, 4.69) is 10.4 Å². The minimum Gasteiger partial charge on any atom is -0.375 e. The number of nitrogens with two attached hydrogens (primary N) is 1. The summed E-state index contributed by atoms with van der Waals surface area (Å²) in [7, 11) is 0. The number of hydrogen-bond donors (Lipinski definition) is 2. The molecule has 0 amide bonds. The van der Waals surface area contributed by atoms with Crippen LogP contribution in [0.3, 0.4) is 0 Å². The van der Waals surface area contributed by atoms with Gasteiger partial charge >= 0.3 is 0 Å². The molecule has 3 N–H and O–H groups in total. The fraction of sp³-hybridized carbons (Fsp3) is 0.667. The molecule has 2 atom stereocenters. The van der Waals surface area contributed by atoms with Gasteiger partial charge in [-0.1, -0.05) is 0 Å². The molecule has 1 aliphatic rings. The number of ether oxygens (including phenoxy) is 1. The van der Waals surface area contributed by atoms with E-state index in [0.29, 0.717) is 0 Å². The molecule has 0 aliphatic carbocycles. The lowest BCUT2D eigenvalue weighted by Gasteiger charge is -2.29. The Morgan fingerprint density at radius 1 is 1.73 bits per heavy atom. The molecule has 2 rings (SSSR count). The Morgan fingerprint density at radius 3 is 3.27 bits per heavy atom. The monoisotopic (exact) mass is 245 g/mol. The van der Waals surface area contributed by atoms with Crippen LogP contribution in [0.15, 0.2) is 11.7 Å². The van der Waals surface area contributed by atoms with E-state index >= 15 is 0 Å². The van der Waals surface area contributed by atoms with E-state index in [0.717, 1.165) is 24.5 Å². The standard InChI is InChI=1S/C9H15N3OS2/c10-12-8(3-7-4-11-6-15-7)9-5-14-2-1-13-9/h4,6,8-9,12H,1-3,5,10H2. The zero-order valence-corrected chi connectivity index (χ0v) is 10.0. The van der Waals surface area contributed by atoms with Gasteiger partial charge in [0.1, 0.15) is 0 Å². The lowest BCUT2D eigenvalue weighted by atomic mass is 10.1. The number of hydrogen-bond acceptors (Lipinski definition) is 6. The van der Waals surface area contributed by atoms with Crippen molar-refractivity contribution < 1.29 is 4.74 Å². The zero-order valence-electron chi connectivity index (χ0n) is 8.39. The van der Waals surface area contributed by atoms with Gasteiger partial charge in [0.05, 0.1) is 24.3 Å². The fourth-order valence-electron chi connectivity index (χ4n) is 1.60. The van der Waals surface area contributed by atoms with Crippen molar-refractivity contribution in [3.63, 3.8) is 0 Å². The van der Waals surface area contributed by atoms with E-state index in [1.807, 2.05) is 23.5 Å². The molecule has 1 saturated heterocycles. The summed E-state index contributed by atoms with van der Waals surface area (Å²) >= 11 is 3.59. The van der Waals surface area contributed by atoms with Crippen molar-refractivity contribution in [1.82, 2.24) is 10.4 Å². The van der Waals surface area contributed by atoms with Gasteiger partial charge < -0.3 is 4.74 Å². The highest BCUT2D eigenvalue weighted by molar-refractivity contribution is 7.99. The summed E-state index contributed by atoms with van der Waals surface area (Å²) in [5, 5.41) is 0. The first-order valence-corrected chi connectivity index (χ1v) is 6.96. The van der Waals surface area contributed by atoms with Crippen LogP contribution in [0, 0.1) is 0 Å². The van der Waals surface area contributed by atoms with E-state index < -0.39 is 0 Å². The van der Waals surface area contributed by atoms with Gasteiger partial charge in [0.25, 0.3) is 0 Å². The number of aromatic nitrogens is 1. The van der Waals surface area contributed by atoms with Crippen LogP contribution in [0.25, 0.3) is 0 Å². The number of thioether (sulfide) groups is 1. The predicted molar refractivity (Wildman–Crippen MR) is 64.0 cm³/mol. The van der Waals surface area contributed by atoms with Crippen molar-refractivity contribution in [3.05, 3.63) is 16.6 Å². The van der Waals surface area contributed by atoms with Crippen molar-refractivity contribution in [2.24, 2.45) is 5.84 Å². The van der Waals surface area contributed by atoms with Crippen LogP contribution in [-0.4, -0.2) is 35.2 Å². The number of nitrogens with one attached hydrogen (secondary N) is 1. The molecule has 0 radical (unpaired) electrons. The molecule has 15 heavy (non-hydrogen) atoms. The molecular formula is C9H15N3OS2. The number of nitrogens with zero attached hydrogens (tertiary/aromatic N) is 1. The molecule has 0 saturated carbocycles. The zero-order chi connectivity index (χ0) is 10.5. The maximum absolute atomic E-state index is 5.70. The SMILES string of the molecule is NNC(Cc1cncs1)C1CSCCO1. The first kappa shape index (κ1) is 11.3. The summed E-state index contributed by atoms with van der Waals surface area (Å²) in [5.41, 5.74) is 4.70. The van der Waals surface area contributed by atoms with Gasteiger partial charge in [0, 0.05) is 29.0 Å². The quantitative estimate of drug-likeness (QED) is 0.602. The highest BCUT2D eigenvalue weighted by atomic mass is 32.2. The predicted octanol–water partition coefficient (Wildman–Crippen LogP) is 0.649. The Hall–Kier alpha value is -0.140. The fourth-order valence-corrected chi connectivity index (χ4v) is 3.19. The largest absolute Gasteiger partial charge is 0.375 e. The van der Waals surface area contributed by atoms with Gasteiger partial charge in [-0.15, -0.1) is 11.3 Å². The Labute approximate surface area is 97.6 Å². The highest BCUT2D eigenvalue weighted by Gasteiger charge is 2.24. The van der Waals surface area contributed by atoms with E-state index in [4.69, 9.17) is 10.6 Å². The minimum atomic E-state index is 0.193. The Balaban J connectivity index is 1.91. The molecule has 1 aromatic heterocycles. The van der Waals surface area contributed by atoms with Gasteiger partial charge in [-0.3, -0.25) is 16.3 Å². The van der Waals surface area contributed by atoms with Crippen molar-refractivity contribution in [2.75, 3.05) is 18.1 Å². The second-order valence-corrected chi connectivity index (χ2v) is 5.55. The molecule has 0 bridgehead atoms. The maximum Gasteiger partial charge on any atom is 0.0835 e. The number of rotatable bonds is 4. The average molecular weight is 245 g/mol. The molecule has 1 aromatic rings. The van der Waals surface area contributed by atoms with Crippen LogP contribution >= 0.6 is 23.1 Å². The molecule has 2 unspecified atom stereocenters. The summed E-state index contributed by atoms with van der Waals surface area (Å²) < 4.78 is 5.70. The summed E-state index contributed by atoms with van der Waals surface area (Å²) in [4.78, 5) is 5.31. The summed E-state index contributed by atoms with van der Waals surface area (Å²) in [6.45, 7) is 0.830. The van der Waals surface area contributed by atoms with Crippen molar-refractivity contribution in [2.45, 2.75) is 18.6 Å². The van der Waals surface area contributed by atoms with E-state index in [1.54, 1.807) is 11.3 Å². The third-order valence-electron chi connectivity index (χ3n) is 2.41. The number of thiazole rings is 1. The summed E-state index contributed by atoms with van der Waals surface area (Å²) in [6.07, 6.45) is 3.01. The van der Waals surface area contributed by atoms with Crippen molar-refractivity contribution in [1.29, 1.82) is 0 Å². The molecular weight excluding hydrogens is 230 g/mol. The second kappa shape index (κ2) is 5.81. The summed E-state index contributed by atoms with van der Waals surface area (Å²) in [6, 6.07) is 0.193. The van der Waals surface area contributed by atoms with Crippen LogP contribution in [0.4, 0.5) is 0 Å². The van der Waals surface area contributed by atoms with E-state index in [1.165, 1.54) is 4.88 Å². The molecule has 0 spiro atoms. The van der Waals surface area contributed by atoms with Gasteiger partial charge in [-0.25, -0.2) is 0 Å². The Kier molecular flexibility index (Phi) is 4.40. The molecule has 1 fully saturated rings. The lowest BCUT2D eigenvalue weighted by Crippen LogP contribution is -2.49. The van der Waals surface area contributed by atoms with Crippen LogP contribution in [0.5, 0.6) is 0 Å². The highest BCUT2D eigenvalue weighted by Crippen LogP contribution is 2.18. The normalized spacial score (nSPS) is 23.9. The smallest absolute Gasteiger partial charge is 0.0835 e. The first-order chi connectivity index (χ1) is 7.40. The topological polar surface area (TPSA) is 60.2 Å². The molecule has 6 heteroatoms.